The summed E-state index contributed by atoms with van der Waals surface area (Å²) < 4.78 is 21.7. The monoisotopic (exact) mass is 424 g/mol. The maximum absolute atomic E-state index is 12.7. The van der Waals surface area contributed by atoms with Crippen molar-refractivity contribution in [2.75, 3.05) is 13.7 Å². The Morgan fingerprint density at radius 2 is 1.90 bits per heavy atom. The van der Waals surface area contributed by atoms with Crippen molar-refractivity contribution in [2.24, 2.45) is 0 Å². The molecule has 0 bridgehead atoms. The van der Waals surface area contributed by atoms with E-state index < -0.39 is 16.6 Å². The Hall–Kier alpha value is -4.14. The van der Waals surface area contributed by atoms with Crippen LogP contribution >= 0.6 is 0 Å². The van der Waals surface area contributed by atoms with Crippen LogP contribution in [0.2, 0.25) is 0 Å². The molecule has 160 valence electrons. The summed E-state index contributed by atoms with van der Waals surface area (Å²) in [7, 11) is 1.36. The van der Waals surface area contributed by atoms with Crippen molar-refractivity contribution in [3.8, 4) is 23.0 Å². The van der Waals surface area contributed by atoms with Crippen molar-refractivity contribution in [1.82, 2.24) is 4.98 Å². The third kappa shape index (κ3) is 5.27. The molecule has 0 spiro atoms. The van der Waals surface area contributed by atoms with Gasteiger partial charge in [-0.15, -0.1) is 0 Å². The Morgan fingerprint density at radius 3 is 2.58 bits per heavy atom. The molecule has 1 aromatic heterocycles. The number of nitro groups is 1. The van der Waals surface area contributed by atoms with Crippen molar-refractivity contribution in [2.45, 2.75) is 13.5 Å². The van der Waals surface area contributed by atoms with Gasteiger partial charge in [0.15, 0.2) is 11.5 Å². The Bertz CT molecular complexity index is 1070. The lowest BCUT2D eigenvalue weighted by atomic mass is 10.1. The van der Waals surface area contributed by atoms with E-state index in [2.05, 4.69) is 4.98 Å². The van der Waals surface area contributed by atoms with Gasteiger partial charge in [-0.1, -0.05) is 18.2 Å². The van der Waals surface area contributed by atoms with Crippen LogP contribution in [0.5, 0.6) is 23.0 Å². The van der Waals surface area contributed by atoms with E-state index in [-0.39, 0.29) is 23.7 Å². The number of benzene rings is 2. The van der Waals surface area contributed by atoms with Crippen LogP contribution in [0.4, 0.5) is 5.69 Å². The molecule has 3 rings (SSSR count). The molecule has 0 aliphatic heterocycles. The maximum Gasteiger partial charge on any atom is 0.345 e. The lowest BCUT2D eigenvalue weighted by Crippen LogP contribution is -2.10. The van der Waals surface area contributed by atoms with E-state index in [0.717, 1.165) is 6.07 Å². The van der Waals surface area contributed by atoms with Crippen molar-refractivity contribution in [3.63, 3.8) is 0 Å². The molecule has 9 heteroatoms. The molecular formula is C22H20N2O7. The molecule has 3 aromatic rings. The number of hydrogen-bond acceptors (Lipinski definition) is 8. The number of hydrogen-bond donors (Lipinski definition) is 0. The Morgan fingerprint density at radius 1 is 1.10 bits per heavy atom. The normalized spacial score (nSPS) is 10.3. The van der Waals surface area contributed by atoms with Gasteiger partial charge in [-0.3, -0.25) is 15.1 Å². The summed E-state index contributed by atoms with van der Waals surface area (Å²) in [5.41, 5.74) is -0.0917. The molecule has 2 aromatic carbocycles. The van der Waals surface area contributed by atoms with Gasteiger partial charge in [0.1, 0.15) is 23.7 Å². The van der Waals surface area contributed by atoms with Gasteiger partial charge >= 0.3 is 5.97 Å². The van der Waals surface area contributed by atoms with E-state index >= 15 is 0 Å². The molecule has 0 aliphatic rings. The summed E-state index contributed by atoms with van der Waals surface area (Å²) in [6, 6.07) is 12.9. The van der Waals surface area contributed by atoms with Crippen LogP contribution in [0.3, 0.4) is 0 Å². The number of nitrogens with zero attached hydrogens (tertiary/aromatic N) is 2. The SMILES string of the molecule is CCOc1cc(C(=O)OCc2ccccc2Oc2cccnc2)c([N+](=O)[O-])cc1OC. The highest BCUT2D eigenvalue weighted by molar-refractivity contribution is 5.95. The van der Waals surface area contributed by atoms with Gasteiger partial charge in [0.2, 0.25) is 0 Å². The summed E-state index contributed by atoms with van der Waals surface area (Å²) in [5.74, 6) is 0.491. The van der Waals surface area contributed by atoms with E-state index in [0.29, 0.717) is 23.7 Å². The highest BCUT2D eigenvalue weighted by Gasteiger charge is 2.26. The quantitative estimate of drug-likeness (QED) is 0.280. The molecule has 0 amide bonds. The lowest BCUT2D eigenvalue weighted by molar-refractivity contribution is -0.385. The number of para-hydroxylation sites is 1. The molecule has 0 unspecified atom stereocenters. The number of methoxy groups -OCH3 is 1. The predicted octanol–water partition coefficient (Wildman–Crippen LogP) is 4.55. The topological polar surface area (TPSA) is 110 Å². The number of nitro benzene ring substituents is 1. The zero-order chi connectivity index (χ0) is 22.2. The summed E-state index contributed by atoms with van der Waals surface area (Å²) >= 11 is 0. The molecular weight excluding hydrogens is 404 g/mol. The molecule has 31 heavy (non-hydrogen) atoms. The molecule has 0 N–H and O–H groups in total. The average molecular weight is 424 g/mol. The minimum absolute atomic E-state index is 0.150. The molecule has 0 saturated heterocycles. The van der Waals surface area contributed by atoms with E-state index in [4.69, 9.17) is 18.9 Å². The summed E-state index contributed by atoms with van der Waals surface area (Å²) in [5, 5.41) is 11.5. The van der Waals surface area contributed by atoms with Gasteiger partial charge in [-0.05, 0) is 25.1 Å². The minimum atomic E-state index is -0.869. The minimum Gasteiger partial charge on any atom is -0.493 e. The second-order valence-corrected chi connectivity index (χ2v) is 6.18. The first-order valence-electron chi connectivity index (χ1n) is 9.35. The fraction of sp³-hybridized carbons (Fsp3) is 0.182. The zero-order valence-corrected chi connectivity index (χ0v) is 16.9. The van der Waals surface area contributed by atoms with E-state index in [1.54, 1.807) is 55.7 Å². The number of rotatable bonds is 9. The van der Waals surface area contributed by atoms with Gasteiger partial charge in [0.25, 0.3) is 5.69 Å². The summed E-state index contributed by atoms with van der Waals surface area (Å²) in [6.45, 7) is 1.89. The first kappa shape index (κ1) is 21.6. The molecule has 0 atom stereocenters. The summed E-state index contributed by atoms with van der Waals surface area (Å²) in [6.07, 6.45) is 3.18. The smallest absolute Gasteiger partial charge is 0.345 e. The second-order valence-electron chi connectivity index (χ2n) is 6.18. The molecule has 0 radical (unpaired) electrons. The standard InChI is InChI=1S/C22H20N2O7/c1-3-29-21-11-17(18(24(26)27)12-20(21)28-2)22(25)30-14-15-7-4-5-9-19(15)31-16-8-6-10-23-13-16/h4-13H,3,14H2,1-2H3. The number of pyridine rings is 1. The molecule has 0 saturated carbocycles. The number of aromatic nitrogens is 1. The van der Waals surface area contributed by atoms with Gasteiger partial charge in [0, 0.05) is 17.8 Å². The number of carbonyl (C=O) groups excluding carboxylic acids is 1. The fourth-order valence-electron chi connectivity index (χ4n) is 2.77. The van der Waals surface area contributed by atoms with Crippen molar-refractivity contribution >= 4 is 11.7 Å². The maximum atomic E-state index is 12.7. The van der Waals surface area contributed by atoms with Crippen LogP contribution in [0.1, 0.15) is 22.8 Å². The highest BCUT2D eigenvalue weighted by atomic mass is 16.6. The van der Waals surface area contributed by atoms with E-state index in [1.165, 1.54) is 13.2 Å². The van der Waals surface area contributed by atoms with E-state index in [9.17, 15) is 14.9 Å². The van der Waals surface area contributed by atoms with Crippen LogP contribution in [0.25, 0.3) is 0 Å². The molecule has 0 aliphatic carbocycles. The van der Waals surface area contributed by atoms with Gasteiger partial charge in [0.05, 0.1) is 30.9 Å². The highest BCUT2D eigenvalue weighted by Crippen LogP contribution is 2.35. The third-order valence-corrected chi connectivity index (χ3v) is 4.19. The predicted molar refractivity (Wildman–Crippen MR) is 111 cm³/mol. The van der Waals surface area contributed by atoms with Crippen LogP contribution in [-0.2, 0) is 11.3 Å². The third-order valence-electron chi connectivity index (χ3n) is 4.19. The van der Waals surface area contributed by atoms with Gasteiger partial charge in [-0.2, -0.15) is 0 Å². The second kappa shape index (κ2) is 10.1. The van der Waals surface area contributed by atoms with Crippen LogP contribution in [0, 0.1) is 10.1 Å². The van der Waals surface area contributed by atoms with Crippen LogP contribution < -0.4 is 14.2 Å². The lowest BCUT2D eigenvalue weighted by Gasteiger charge is -2.13. The van der Waals surface area contributed by atoms with Crippen LogP contribution in [-0.4, -0.2) is 29.6 Å². The Balaban J connectivity index is 1.83. The van der Waals surface area contributed by atoms with Crippen molar-refractivity contribution < 1.29 is 28.7 Å². The van der Waals surface area contributed by atoms with Crippen molar-refractivity contribution in [1.29, 1.82) is 0 Å². The zero-order valence-electron chi connectivity index (χ0n) is 16.9. The largest absolute Gasteiger partial charge is 0.493 e. The Labute approximate surface area is 178 Å². The van der Waals surface area contributed by atoms with Crippen molar-refractivity contribution in [3.05, 3.63) is 82.2 Å². The number of carbonyl (C=O) groups is 1. The first-order valence-corrected chi connectivity index (χ1v) is 9.35. The average Bonchev–Trinajstić information content (AvgIpc) is 2.78. The molecule has 1 heterocycles. The van der Waals surface area contributed by atoms with Gasteiger partial charge < -0.3 is 18.9 Å². The first-order chi connectivity index (χ1) is 15.0. The summed E-state index contributed by atoms with van der Waals surface area (Å²) in [4.78, 5) is 27.5. The Kier molecular flexibility index (Phi) is 7.00. The van der Waals surface area contributed by atoms with Crippen LogP contribution in [0.15, 0.2) is 60.9 Å². The number of ether oxygens (including phenoxy) is 4. The van der Waals surface area contributed by atoms with E-state index in [1.807, 2.05) is 0 Å². The van der Waals surface area contributed by atoms with Gasteiger partial charge in [-0.25, -0.2) is 4.79 Å². The molecule has 0 fully saturated rings. The fourth-order valence-corrected chi connectivity index (χ4v) is 2.77. The molecule has 9 nitrogen and oxygen atoms in total. The number of esters is 1.